The maximum Gasteiger partial charge on any atom is 0.264 e. The summed E-state index contributed by atoms with van der Waals surface area (Å²) in [5, 5.41) is 0.562. The van der Waals surface area contributed by atoms with Gasteiger partial charge in [0.25, 0.3) is 15.9 Å². The molecule has 40 heavy (non-hydrogen) atoms. The quantitative estimate of drug-likeness (QED) is 0.301. The molecule has 1 aliphatic heterocycles. The summed E-state index contributed by atoms with van der Waals surface area (Å²) in [6, 6.07) is 22.0. The van der Waals surface area contributed by atoms with Gasteiger partial charge >= 0.3 is 0 Å². The van der Waals surface area contributed by atoms with E-state index < -0.39 is 10.0 Å². The fourth-order valence-corrected chi connectivity index (χ4v) is 6.64. The first-order valence-electron chi connectivity index (χ1n) is 13.7. The molecule has 0 radical (unpaired) electrons. The second-order valence-corrected chi connectivity index (χ2v) is 12.3. The predicted molar refractivity (Wildman–Crippen MR) is 159 cm³/mol. The Balaban J connectivity index is 1.56. The van der Waals surface area contributed by atoms with E-state index in [2.05, 4.69) is 6.92 Å². The van der Waals surface area contributed by atoms with Crippen LogP contribution in [0.4, 0.5) is 5.69 Å². The number of benzene rings is 3. The third-order valence-corrected chi connectivity index (χ3v) is 9.31. The number of nitrogens with zero attached hydrogens (tertiary/aromatic N) is 3. The number of sulfonamides is 1. The fourth-order valence-electron chi connectivity index (χ4n) is 5.05. The Morgan fingerprint density at radius 1 is 0.925 bits per heavy atom. The lowest BCUT2D eigenvalue weighted by atomic mass is 9.94. The van der Waals surface area contributed by atoms with Crippen LogP contribution in [0.1, 0.15) is 49.0 Å². The van der Waals surface area contributed by atoms with Crippen LogP contribution in [0.2, 0.25) is 5.02 Å². The number of likely N-dealkylation sites (tertiary alicyclic amines) is 1. The minimum Gasteiger partial charge on any atom is -0.343 e. The third kappa shape index (κ3) is 6.85. The molecule has 1 saturated heterocycles. The summed E-state index contributed by atoms with van der Waals surface area (Å²) in [6.07, 6.45) is 2.16. The number of amides is 2. The average Bonchev–Trinajstić information content (AvgIpc) is 2.99. The Morgan fingerprint density at radius 3 is 2.23 bits per heavy atom. The summed E-state index contributed by atoms with van der Waals surface area (Å²) in [4.78, 5) is 30.2. The molecule has 9 heteroatoms. The second kappa shape index (κ2) is 13.3. The Kier molecular flexibility index (Phi) is 9.87. The monoisotopic (exact) mass is 581 g/mol. The van der Waals surface area contributed by atoms with E-state index in [0.717, 1.165) is 18.5 Å². The van der Waals surface area contributed by atoms with Crippen molar-refractivity contribution >= 4 is 39.1 Å². The molecule has 4 rings (SSSR count). The van der Waals surface area contributed by atoms with Crippen molar-refractivity contribution in [3.63, 3.8) is 0 Å². The van der Waals surface area contributed by atoms with Crippen LogP contribution >= 0.6 is 11.6 Å². The Morgan fingerprint density at radius 2 is 1.60 bits per heavy atom. The zero-order chi connectivity index (χ0) is 28.7. The van der Waals surface area contributed by atoms with Crippen LogP contribution in [0, 0.1) is 5.92 Å². The maximum absolute atomic E-state index is 13.8. The van der Waals surface area contributed by atoms with Gasteiger partial charge in [-0.1, -0.05) is 54.9 Å². The molecule has 1 heterocycles. The van der Waals surface area contributed by atoms with Crippen LogP contribution < -0.4 is 4.31 Å². The minimum absolute atomic E-state index is 0.0746. The van der Waals surface area contributed by atoms with Crippen molar-refractivity contribution in [1.82, 2.24) is 9.80 Å². The van der Waals surface area contributed by atoms with Gasteiger partial charge in [-0.25, -0.2) is 8.42 Å². The molecular weight excluding hydrogens is 546 g/mol. The second-order valence-electron chi connectivity index (χ2n) is 9.99. The van der Waals surface area contributed by atoms with E-state index in [1.165, 1.54) is 4.31 Å². The summed E-state index contributed by atoms with van der Waals surface area (Å²) in [5.41, 5.74) is 1.57. The first-order chi connectivity index (χ1) is 19.2. The lowest BCUT2D eigenvalue weighted by Crippen LogP contribution is -2.44. The molecule has 7 nitrogen and oxygen atoms in total. The number of carbonyl (C=O) groups is 2. The van der Waals surface area contributed by atoms with Crippen LogP contribution in [0.3, 0.4) is 0 Å². The molecule has 1 aliphatic rings. The zero-order valence-corrected chi connectivity index (χ0v) is 24.6. The van der Waals surface area contributed by atoms with Gasteiger partial charge in [-0.05, 0) is 74.2 Å². The predicted octanol–water partition coefficient (Wildman–Crippen LogP) is 5.85. The normalized spacial score (nSPS) is 14.1. The lowest BCUT2D eigenvalue weighted by molar-refractivity contribution is -0.136. The van der Waals surface area contributed by atoms with Crippen LogP contribution in [0.25, 0.3) is 0 Å². The smallest absolute Gasteiger partial charge is 0.264 e. The highest BCUT2D eigenvalue weighted by atomic mass is 35.5. The largest absolute Gasteiger partial charge is 0.343 e. The molecule has 1 fully saturated rings. The Hall–Kier alpha value is -3.36. The van der Waals surface area contributed by atoms with E-state index in [1.807, 2.05) is 11.8 Å². The molecule has 0 N–H and O–H groups in total. The highest BCUT2D eigenvalue weighted by Crippen LogP contribution is 2.28. The van der Waals surface area contributed by atoms with Gasteiger partial charge in [0.2, 0.25) is 5.91 Å². The Labute approximate surface area is 242 Å². The molecule has 0 bridgehead atoms. The summed E-state index contributed by atoms with van der Waals surface area (Å²) in [6.45, 7) is 6.54. The van der Waals surface area contributed by atoms with Crippen molar-refractivity contribution in [3.05, 3.63) is 95.0 Å². The molecule has 3 aromatic carbocycles. The van der Waals surface area contributed by atoms with Gasteiger partial charge in [0.15, 0.2) is 0 Å². The molecule has 0 aromatic heterocycles. The van der Waals surface area contributed by atoms with E-state index in [-0.39, 0.29) is 29.2 Å². The van der Waals surface area contributed by atoms with Gasteiger partial charge in [0, 0.05) is 42.7 Å². The highest BCUT2D eigenvalue weighted by Gasteiger charge is 2.31. The van der Waals surface area contributed by atoms with Crippen molar-refractivity contribution in [2.75, 3.05) is 30.5 Å². The number of hydrogen-bond acceptors (Lipinski definition) is 4. The van der Waals surface area contributed by atoms with Crippen LogP contribution in [0.5, 0.6) is 0 Å². The first kappa shape index (κ1) is 29.6. The van der Waals surface area contributed by atoms with Crippen LogP contribution in [-0.2, 0) is 21.4 Å². The topological polar surface area (TPSA) is 78.0 Å². The van der Waals surface area contributed by atoms with Crippen molar-refractivity contribution in [2.24, 2.45) is 5.92 Å². The molecule has 0 unspecified atom stereocenters. The average molecular weight is 582 g/mol. The van der Waals surface area contributed by atoms with E-state index in [1.54, 1.807) is 83.8 Å². The lowest BCUT2D eigenvalue weighted by Gasteiger charge is -2.34. The van der Waals surface area contributed by atoms with Crippen LogP contribution in [0.15, 0.2) is 83.8 Å². The molecule has 2 amide bonds. The molecule has 3 aromatic rings. The molecule has 212 valence electrons. The Bertz CT molecular complexity index is 1410. The van der Waals surface area contributed by atoms with Crippen molar-refractivity contribution in [2.45, 2.75) is 44.6 Å². The number of hydrogen-bond donors (Lipinski definition) is 0. The van der Waals surface area contributed by atoms with Gasteiger partial charge in [0.1, 0.15) is 0 Å². The molecular formula is C31H36ClN3O4S. The van der Waals surface area contributed by atoms with E-state index in [9.17, 15) is 18.0 Å². The van der Waals surface area contributed by atoms with Gasteiger partial charge in [-0.15, -0.1) is 0 Å². The summed E-state index contributed by atoms with van der Waals surface area (Å²) in [5.74, 6) is -0.0765. The number of piperidine rings is 1. The van der Waals surface area contributed by atoms with Gasteiger partial charge < -0.3 is 9.80 Å². The van der Waals surface area contributed by atoms with Crippen molar-refractivity contribution in [1.29, 1.82) is 0 Å². The SMILES string of the molecule is CCCN(CC)C(=O)C1CCN(C(=O)c2cccc(N(Cc3ccc(Cl)cc3)S(=O)(=O)c3ccccc3)c2)CC1. The number of rotatable bonds is 10. The maximum atomic E-state index is 13.8. The van der Waals surface area contributed by atoms with E-state index >= 15 is 0 Å². The summed E-state index contributed by atoms with van der Waals surface area (Å²) >= 11 is 6.05. The fraction of sp³-hybridized carbons (Fsp3) is 0.355. The summed E-state index contributed by atoms with van der Waals surface area (Å²) < 4.78 is 28.9. The molecule has 0 spiro atoms. The number of anilines is 1. The minimum atomic E-state index is -3.93. The number of halogens is 1. The van der Waals surface area contributed by atoms with Gasteiger partial charge in [0.05, 0.1) is 17.1 Å². The van der Waals surface area contributed by atoms with E-state index in [4.69, 9.17) is 11.6 Å². The van der Waals surface area contributed by atoms with E-state index in [0.29, 0.717) is 48.7 Å². The van der Waals surface area contributed by atoms with Gasteiger partial charge in [-0.3, -0.25) is 13.9 Å². The first-order valence-corrected chi connectivity index (χ1v) is 15.6. The van der Waals surface area contributed by atoms with Gasteiger partial charge in [-0.2, -0.15) is 0 Å². The molecule has 0 saturated carbocycles. The number of carbonyl (C=O) groups excluding carboxylic acids is 2. The summed E-state index contributed by atoms with van der Waals surface area (Å²) in [7, 11) is -3.93. The molecule has 0 atom stereocenters. The van der Waals surface area contributed by atoms with Crippen molar-refractivity contribution in [3.8, 4) is 0 Å². The highest BCUT2D eigenvalue weighted by molar-refractivity contribution is 7.92. The zero-order valence-electron chi connectivity index (χ0n) is 23.0. The third-order valence-electron chi connectivity index (χ3n) is 7.27. The van der Waals surface area contributed by atoms with Crippen LogP contribution in [-0.4, -0.2) is 56.2 Å². The molecule has 0 aliphatic carbocycles. The van der Waals surface area contributed by atoms with Crippen molar-refractivity contribution < 1.29 is 18.0 Å². The standard InChI is InChI=1S/C31H36ClN3O4S/c1-3-19-33(4-2)30(36)25-17-20-34(21-18-25)31(37)26-9-8-10-28(22-26)35(23-24-13-15-27(32)16-14-24)40(38,39)29-11-6-5-7-12-29/h5-16,22,25H,3-4,17-21,23H2,1-2H3.